The van der Waals surface area contributed by atoms with Gasteiger partial charge >= 0.3 is 6.61 Å². The molecule has 2 aromatic rings. The van der Waals surface area contributed by atoms with E-state index in [-0.39, 0.29) is 0 Å². The van der Waals surface area contributed by atoms with Gasteiger partial charge in [-0.25, -0.2) is 0 Å². The van der Waals surface area contributed by atoms with E-state index in [2.05, 4.69) is 4.84 Å². The molecule has 0 N–H and O–H groups in total. The Kier molecular flexibility index (Phi) is 2.11. The van der Waals surface area contributed by atoms with Crippen molar-refractivity contribution in [1.29, 1.82) is 0 Å². The molecule has 0 unspecified atom stereocenters. The van der Waals surface area contributed by atoms with Crippen LogP contribution in [-0.2, 0) is 0 Å². The summed E-state index contributed by atoms with van der Waals surface area (Å²) in [6, 6.07) is 7.33. The number of rotatable bonds is 2. The van der Waals surface area contributed by atoms with Crippen molar-refractivity contribution in [3.05, 3.63) is 36.0 Å². The second kappa shape index (κ2) is 3.29. The molecule has 74 valence electrons. The fourth-order valence-electron chi connectivity index (χ4n) is 1.51. The lowest BCUT2D eigenvalue weighted by molar-refractivity contribution is -0.128. The van der Waals surface area contributed by atoms with Crippen molar-refractivity contribution in [1.82, 2.24) is 4.73 Å². The predicted molar refractivity (Wildman–Crippen MR) is 49.3 cm³/mol. The maximum atomic E-state index is 12.0. The fourth-order valence-corrected chi connectivity index (χ4v) is 1.51. The second-order valence-corrected chi connectivity index (χ2v) is 3.02. The van der Waals surface area contributed by atoms with Crippen LogP contribution in [0.15, 0.2) is 30.5 Å². The minimum Gasteiger partial charge on any atom is -0.344 e. The van der Waals surface area contributed by atoms with Crippen molar-refractivity contribution in [3.8, 4) is 0 Å². The van der Waals surface area contributed by atoms with E-state index in [0.29, 0.717) is 5.52 Å². The van der Waals surface area contributed by atoms with Crippen LogP contribution in [0.1, 0.15) is 5.56 Å². The van der Waals surface area contributed by atoms with Crippen LogP contribution in [0.5, 0.6) is 0 Å². The first-order valence-electron chi connectivity index (χ1n) is 4.20. The minimum atomic E-state index is -2.80. The highest BCUT2D eigenvalue weighted by Crippen LogP contribution is 2.18. The average molecular weight is 197 g/mol. The standard InChI is InChI=1S/C10H9F2NO/c1-7-3-2-4-8-5-6-13(9(7)8)14-10(11)12/h2-6,10H,1H3. The molecule has 0 aliphatic heterocycles. The summed E-state index contributed by atoms with van der Waals surface area (Å²) in [7, 11) is 0. The molecule has 14 heavy (non-hydrogen) atoms. The van der Waals surface area contributed by atoms with Crippen molar-refractivity contribution in [2.24, 2.45) is 0 Å². The molecule has 2 nitrogen and oxygen atoms in total. The number of halogens is 2. The molecule has 2 rings (SSSR count). The molecule has 0 radical (unpaired) electrons. The Morgan fingerprint density at radius 3 is 2.79 bits per heavy atom. The third-order valence-electron chi connectivity index (χ3n) is 2.07. The van der Waals surface area contributed by atoms with Gasteiger partial charge in [0.2, 0.25) is 0 Å². The van der Waals surface area contributed by atoms with Gasteiger partial charge in [0.15, 0.2) is 0 Å². The SMILES string of the molecule is Cc1cccc2ccn(OC(F)F)c12. The molecule has 0 aliphatic carbocycles. The van der Waals surface area contributed by atoms with Crippen LogP contribution in [0.25, 0.3) is 10.9 Å². The molecule has 1 aromatic heterocycles. The Morgan fingerprint density at radius 1 is 1.29 bits per heavy atom. The van der Waals surface area contributed by atoms with Crippen molar-refractivity contribution in [2.45, 2.75) is 13.5 Å². The van der Waals surface area contributed by atoms with Crippen molar-refractivity contribution < 1.29 is 13.6 Å². The maximum absolute atomic E-state index is 12.0. The summed E-state index contributed by atoms with van der Waals surface area (Å²) in [5, 5.41) is 0.894. The first-order chi connectivity index (χ1) is 6.68. The third kappa shape index (κ3) is 1.43. The van der Waals surface area contributed by atoms with Crippen molar-refractivity contribution >= 4 is 10.9 Å². The number of hydrogen-bond acceptors (Lipinski definition) is 1. The minimum absolute atomic E-state index is 0.688. The second-order valence-electron chi connectivity index (χ2n) is 3.02. The fraction of sp³-hybridized carbons (Fsp3) is 0.200. The number of fused-ring (bicyclic) bond motifs is 1. The van der Waals surface area contributed by atoms with E-state index in [0.717, 1.165) is 15.7 Å². The zero-order valence-electron chi connectivity index (χ0n) is 7.58. The number of aromatic nitrogens is 1. The van der Waals surface area contributed by atoms with Crippen LogP contribution < -0.4 is 4.84 Å². The topological polar surface area (TPSA) is 14.2 Å². The monoisotopic (exact) mass is 197 g/mol. The molecule has 0 fully saturated rings. The molecular weight excluding hydrogens is 188 g/mol. The number of alkyl halides is 2. The van der Waals surface area contributed by atoms with Crippen molar-refractivity contribution in [3.63, 3.8) is 0 Å². The van der Waals surface area contributed by atoms with Gasteiger partial charge in [-0.15, -0.1) is 0 Å². The lowest BCUT2D eigenvalue weighted by atomic mass is 10.2. The third-order valence-corrected chi connectivity index (χ3v) is 2.07. The van der Waals surface area contributed by atoms with E-state index >= 15 is 0 Å². The Morgan fingerprint density at radius 2 is 2.07 bits per heavy atom. The van der Waals surface area contributed by atoms with Gasteiger partial charge in [-0.1, -0.05) is 18.2 Å². The summed E-state index contributed by atoms with van der Waals surface area (Å²) >= 11 is 0. The van der Waals surface area contributed by atoms with Gasteiger partial charge in [0.05, 0.1) is 5.52 Å². The molecule has 0 bridgehead atoms. The molecule has 0 amide bonds. The van der Waals surface area contributed by atoms with E-state index in [1.807, 2.05) is 25.1 Å². The largest absolute Gasteiger partial charge is 0.405 e. The summed E-state index contributed by atoms with van der Waals surface area (Å²) in [5.41, 5.74) is 1.60. The Bertz CT molecular complexity index is 450. The van der Waals surface area contributed by atoms with Crippen LogP contribution in [-0.4, -0.2) is 11.3 Å². The van der Waals surface area contributed by atoms with Crippen LogP contribution in [0.2, 0.25) is 0 Å². The number of aryl methyl sites for hydroxylation is 1. The van der Waals surface area contributed by atoms with Gasteiger partial charge in [0.25, 0.3) is 0 Å². The molecule has 4 heteroatoms. The summed E-state index contributed by atoms with van der Waals surface area (Å²) in [4.78, 5) is 4.33. The van der Waals surface area contributed by atoms with Gasteiger partial charge in [-0.2, -0.15) is 13.5 Å². The first kappa shape index (κ1) is 8.99. The average Bonchev–Trinajstić information content (AvgIpc) is 2.49. The van der Waals surface area contributed by atoms with Gasteiger partial charge in [0.1, 0.15) is 0 Å². The smallest absolute Gasteiger partial charge is 0.344 e. The van der Waals surface area contributed by atoms with E-state index in [1.54, 1.807) is 6.07 Å². The van der Waals surface area contributed by atoms with Crippen molar-refractivity contribution in [2.75, 3.05) is 0 Å². The highest BCUT2D eigenvalue weighted by molar-refractivity contribution is 5.82. The summed E-state index contributed by atoms with van der Waals surface area (Å²) in [5.74, 6) is 0. The first-order valence-corrected chi connectivity index (χ1v) is 4.20. The molecule has 1 aromatic carbocycles. The number of para-hydroxylation sites is 1. The van der Waals surface area contributed by atoms with Crippen LogP contribution in [0.3, 0.4) is 0 Å². The Labute approximate surface area is 79.7 Å². The van der Waals surface area contributed by atoms with Crippen LogP contribution in [0.4, 0.5) is 8.78 Å². The number of nitrogens with zero attached hydrogens (tertiary/aromatic N) is 1. The maximum Gasteiger partial charge on any atom is 0.405 e. The van der Waals surface area contributed by atoms with Crippen LogP contribution in [0, 0.1) is 6.92 Å². The quantitative estimate of drug-likeness (QED) is 0.721. The number of hydrogen-bond donors (Lipinski definition) is 0. The van der Waals surface area contributed by atoms with Crippen LogP contribution >= 0.6 is 0 Å². The summed E-state index contributed by atoms with van der Waals surface area (Å²) in [6.45, 7) is -0.946. The molecular formula is C10H9F2NO. The zero-order chi connectivity index (χ0) is 10.1. The lowest BCUT2D eigenvalue weighted by Gasteiger charge is -2.07. The highest BCUT2D eigenvalue weighted by Gasteiger charge is 2.08. The predicted octanol–water partition coefficient (Wildman–Crippen LogP) is 2.60. The molecule has 0 saturated heterocycles. The van der Waals surface area contributed by atoms with E-state index in [9.17, 15) is 8.78 Å². The summed E-state index contributed by atoms with van der Waals surface area (Å²) in [6.07, 6.45) is 1.49. The summed E-state index contributed by atoms with van der Waals surface area (Å²) < 4.78 is 25.1. The lowest BCUT2D eigenvalue weighted by Crippen LogP contribution is -2.15. The zero-order valence-corrected chi connectivity index (χ0v) is 7.58. The molecule has 1 heterocycles. The Hall–Kier alpha value is -1.58. The van der Waals surface area contributed by atoms with Gasteiger partial charge in [0, 0.05) is 11.6 Å². The molecule has 0 saturated carbocycles. The van der Waals surface area contributed by atoms with E-state index in [4.69, 9.17) is 0 Å². The Balaban J connectivity index is 2.55. The normalized spacial score (nSPS) is 11.1. The van der Waals surface area contributed by atoms with Gasteiger partial charge < -0.3 is 4.84 Å². The highest BCUT2D eigenvalue weighted by atomic mass is 19.3. The molecule has 0 atom stereocenters. The molecule has 0 spiro atoms. The van der Waals surface area contributed by atoms with Gasteiger partial charge in [-0.3, -0.25) is 0 Å². The van der Waals surface area contributed by atoms with Gasteiger partial charge in [-0.05, 0) is 18.6 Å². The van der Waals surface area contributed by atoms with E-state index < -0.39 is 6.61 Å². The molecule has 0 aliphatic rings. The number of benzene rings is 1. The van der Waals surface area contributed by atoms with E-state index in [1.165, 1.54) is 6.20 Å².